The van der Waals surface area contributed by atoms with Gasteiger partial charge in [-0.05, 0) is 18.2 Å². The van der Waals surface area contributed by atoms with Crippen molar-refractivity contribution in [3.8, 4) is 0 Å². The van der Waals surface area contributed by atoms with Crippen molar-refractivity contribution in [2.24, 2.45) is 0 Å². The molecule has 0 radical (unpaired) electrons. The van der Waals surface area contributed by atoms with Gasteiger partial charge in [0.2, 0.25) is 0 Å². The van der Waals surface area contributed by atoms with Crippen LogP contribution in [0.2, 0.25) is 0 Å². The van der Waals surface area contributed by atoms with Crippen molar-refractivity contribution < 1.29 is 9.90 Å². The molecule has 0 spiro atoms. The van der Waals surface area contributed by atoms with E-state index in [-0.39, 0.29) is 12.3 Å². The third-order valence-corrected chi connectivity index (χ3v) is 3.91. The molecule has 2 N–H and O–H groups in total. The van der Waals surface area contributed by atoms with Crippen molar-refractivity contribution >= 4 is 5.97 Å². The molecule has 106 valence electrons. The molecule has 1 aliphatic rings. The van der Waals surface area contributed by atoms with E-state index in [4.69, 9.17) is 5.11 Å². The zero-order valence-corrected chi connectivity index (χ0v) is 11.5. The van der Waals surface area contributed by atoms with E-state index in [9.17, 15) is 4.79 Å². The summed E-state index contributed by atoms with van der Waals surface area (Å²) in [4.78, 5) is 18.8. The van der Waals surface area contributed by atoms with E-state index in [0.717, 1.165) is 44.8 Å². The Morgan fingerprint density at radius 2 is 2.05 bits per heavy atom. The smallest absolute Gasteiger partial charge is 0.304 e. The molecule has 5 nitrogen and oxygen atoms in total. The fraction of sp³-hybridized carbons (Fsp3) is 0.643. The third kappa shape index (κ3) is 4.08. The number of aromatic amines is 1. The highest BCUT2D eigenvalue weighted by atomic mass is 16.4. The minimum absolute atomic E-state index is 0.0805. The van der Waals surface area contributed by atoms with Crippen LogP contribution in [0.1, 0.15) is 24.8 Å². The van der Waals surface area contributed by atoms with Crippen molar-refractivity contribution in [2.75, 3.05) is 39.3 Å². The van der Waals surface area contributed by atoms with E-state index < -0.39 is 5.97 Å². The monoisotopic (exact) mass is 265 g/mol. The van der Waals surface area contributed by atoms with Crippen LogP contribution in [0.3, 0.4) is 0 Å². The maximum absolute atomic E-state index is 11.0. The molecule has 1 unspecified atom stereocenters. The number of hydrogen-bond donors (Lipinski definition) is 2. The first-order chi connectivity index (χ1) is 9.19. The molecule has 0 saturated carbocycles. The number of nitrogens with one attached hydrogen (secondary N) is 1. The zero-order valence-electron chi connectivity index (χ0n) is 11.5. The van der Waals surface area contributed by atoms with Crippen LogP contribution in [-0.4, -0.2) is 65.1 Å². The molecule has 19 heavy (non-hydrogen) atoms. The van der Waals surface area contributed by atoms with E-state index in [1.165, 1.54) is 0 Å². The van der Waals surface area contributed by atoms with Crippen LogP contribution in [0.25, 0.3) is 0 Å². The highest BCUT2D eigenvalue weighted by molar-refractivity contribution is 5.68. The normalized spacial score (nSPS) is 19.4. The number of piperazine rings is 1. The number of hydrogen-bond acceptors (Lipinski definition) is 3. The lowest BCUT2D eigenvalue weighted by molar-refractivity contribution is -0.137. The molecule has 1 atom stereocenters. The van der Waals surface area contributed by atoms with E-state index in [1.54, 1.807) is 0 Å². The number of nitrogens with zero attached hydrogens (tertiary/aromatic N) is 2. The lowest BCUT2D eigenvalue weighted by Crippen LogP contribution is -2.47. The van der Waals surface area contributed by atoms with Gasteiger partial charge in [0.15, 0.2) is 0 Å². The minimum Gasteiger partial charge on any atom is -0.481 e. The molecule has 2 rings (SSSR count). The van der Waals surface area contributed by atoms with Gasteiger partial charge in [-0.15, -0.1) is 0 Å². The number of likely N-dealkylation sites (N-methyl/N-ethyl adjacent to an activating group) is 1. The van der Waals surface area contributed by atoms with Gasteiger partial charge in [-0.3, -0.25) is 4.79 Å². The first kappa shape index (κ1) is 14.1. The Balaban J connectivity index is 1.91. The van der Waals surface area contributed by atoms with Gasteiger partial charge >= 0.3 is 5.97 Å². The Kier molecular flexibility index (Phi) is 4.99. The summed E-state index contributed by atoms with van der Waals surface area (Å²) >= 11 is 0. The van der Waals surface area contributed by atoms with Gasteiger partial charge in [0.05, 0.1) is 6.42 Å². The van der Waals surface area contributed by atoms with Gasteiger partial charge in [0.1, 0.15) is 0 Å². The number of carbonyl (C=O) groups is 1. The van der Waals surface area contributed by atoms with Crippen LogP contribution in [0, 0.1) is 0 Å². The van der Waals surface area contributed by atoms with E-state index in [2.05, 4.69) is 21.7 Å². The molecule has 0 bridgehead atoms. The number of carboxylic acids is 1. The number of aliphatic carboxylic acids is 1. The molecule has 1 fully saturated rings. The summed E-state index contributed by atoms with van der Waals surface area (Å²) in [6.45, 7) is 8.37. The topological polar surface area (TPSA) is 59.6 Å². The minimum atomic E-state index is -0.724. The molecule has 1 aromatic heterocycles. The summed E-state index contributed by atoms with van der Waals surface area (Å²) in [7, 11) is 0. The Hall–Kier alpha value is -1.33. The second kappa shape index (κ2) is 6.73. The van der Waals surface area contributed by atoms with Crippen molar-refractivity contribution in [2.45, 2.75) is 19.3 Å². The highest BCUT2D eigenvalue weighted by Gasteiger charge is 2.22. The van der Waals surface area contributed by atoms with Crippen molar-refractivity contribution in [3.05, 3.63) is 24.0 Å². The predicted octanol–water partition coefficient (Wildman–Crippen LogP) is 1.21. The van der Waals surface area contributed by atoms with Crippen LogP contribution in [0.15, 0.2) is 18.5 Å². The van der Waals surface area contributed by atoms with Crippen LogP contribution in [-0.2, 0) is 4.79 Å². The average Bonchev–Trinajstić information content (AvgIpc) is 2.92. The molecule has 1 saturated heterocycles. The summed E-state index contributed by atoms with van der Waals surface area (Å²) in [5.74, 6) is -0.643. The zero-order chi connectivity index (χ0) is 13.7. The Morgan fingerprint density at radius 3 is 2.58 bits per heavy atom. The van der Waals surface area contributed by atoms with E-state index >= 15 is 0 Å². The van der Waals surface area contributed by atoms with Crippen LogP contribution >= 0.6 is 0 Å². The summed E-state index contributed by atoms with van der Waals surface area (Å²) in [6.07, 6.45) is 3.97. The first-order valence-electron chi connectivity index (χ1n) is 6.98. The lowest BCUT2D eigenvalue weighted by Gasteiger charge is -2.35. The predicted molar refractivity (Wildman–Crippen MR) is 74.3 cm³/mol. The summed E-state index contributed by atoms with van der Waals surface area (Å²) in [5, 5.41) is 9.06. The number of rotatable bonds is 6. The standard InChI is InChI=1S/C14H23N3O2/c1-2-16-5-7-17(8-6-16)11-13(9-14(18)19)12-3-4-15-10-12/h3-4,10,13,15H,2,5-9,11H2,1H3,(H,18,19). The number of aromatic nitrogens is 1. The molecular weight excluding hydrogens is 242 g/mol. The highest BCUT2D eigenvalue weighted by Crippen LogP contribution is 2.21. The molecule has 0 amide bonds. The lowest BCUT2D eigenvalue weighted by atomic mass is 9.97. The Bertz CT molecular complexity index is 383. The average molecular weight is 265 g/mol. The van der Waals surface area contributed by atoms with Gasteiger partial charge in [0, 0.05) is 51.0 Å². The molecule has 1 aromatic rings. The third-order valence-electron chi connectivity index (χ3n) is 3.91. The maximum atomic E-state index is 11.0. The molecule has 1 aliphatic heterocycles. The number of H-pyrrole nitrogens is 1. The van der Waals surface area contributed by atoms with Crippen LogP contribution in [0.5, 0.6) is 0 Å². The van der Waals surface area contributed by atoms with Gasteiger partial charge in [-0.2, -0.15) is 0 Å². The van der Waals surface area contributed by atoms with E-state index in [0.29, 0.717) is 0 Å². The number of carboxylic acid groups (broad SMARTS) is 1. The molecule has 2 heterocycles. The van der Waals surface area contributed by atoms with Crippen LogP contribution in [0.4, 0.5) is 0 Å². The Morgan fingerprint density at radius 1 is 1.37 bits per heavy atom. The second-order valence-electron chi connectivity index (χ2n) is 5.17. The SMILES string of the molecule is CCN1CCN(CC(CC(=O)O)c2cc[nH]c2)CC1. The van der Waals surface area contributed by atoms with Gasteiger partial charge < -0.3 is 19.9 Å². The molecule has 5 heteroatoms. The maximum Gasteiger partial charge on any atom is 0.304 e. The Labute approximate surface area is 114 Å². The van der Waals surface area contributed by atoms with Gasteiger partial charge in [0.25, 0.3) is 0 Å². The quantitative estimate of drug-likeness (QED) is 0.811. The first-order valence-corrected chi connectivity index (χ1v) is 6.98. The second-order valence-corrected chi connectivity index (χ2v) is 5.17. The fourth-order valence-corrected chi connectivity index (χ4v) is 2.69. The molecule has 0 aromatic carbocycles. The van der Waals surface area contributed by atoms with Gasteiger partial charge in [-0.1, -0.05) is 6.92 Å². The largest absolute Gasteiger partial charge is 0.481 e. The van der Waals surface area contributed by atoms with Gasteiger partial charge in [-0.25, -0.2) is 0 Å². The summed E-state index contributed by atoms with van der Waals surface area (Å²) < 4.78 is 0. The van der Waals surface area contributed by atoms with Crippen LogP contribution < -0.4 is 0 Å². The van der Waals surface area contributed by atoms with Crippen molar-refractivity contribution in [3.63, 3.8) is 0 Å². The summed E-state index contributed by atoms with van der Waals surface area (Å²) in [6, 6.07) is 1.98. The van der Waals surface area contributed by atoms with Crippen molar-refractivity contribution in [1.82, 2.24) is 14.8 Å². The molecular formula is C14H23N3O2. The fourth-order valence-electron chi connectivity index (χ4n) is 2.69. The van der Waals surface area contributed by atoms with E-state index in [1.807, 2.05) is 18.5 Å². The summed E-state index contributed by atoms with van der Waals surface area (Å²) in [5.41, 5.74) is 1.10. The van der Waals surface area contributed by atoms with Crippen molar-refractivity contribution in [1.29, 1.82) is 0 Å². The molecule has 0 aliphatic carbocycles.